The van der Waals surface area contributed by atoms with E-state index >= 15 is 0 Å². The molecular formula is C8H14N4. The molecule has 0 aliphatic carbocycles. The lowest BCUT2D eigenvalue weighted by atomic mass is 10.3. The van der Waals surface area contributed by atoms with Crippen molar-refractivity contribution in [3.05, 3.63) is 12.2 Å². The molecule has 66 valence electrons. The molecule has 1 unspecified atom stereocenters. The molecule has 0 saturated heterocycles. The monoisotopic (exact) mass is 166 g/mol. The van der Waals surface area contributed by atoms with E-state index in [0.29, 0.717) is 6.04 Å². The third-order valence-corrected chi connectivity index (χ3v) is 2.59. The third-order valence-electron chi connectivity index (χ3n) is 2.59. The van der Waals surface area contributed by atoms with Gasteiger partial charge < -0.3 is 4.57 Å². The number of nitrogens with zero attached hydrogens (tertiary/aromatic N) is 4. The summed E-state index contributed by atoms with van der Waals surface area (Å²) >= 11 is 0. The molecule has 0 fully saturated rings. The van der Waals surface area contributed by atoms with Gasteiger partial charge in [-0.1, -0.05) is 0 Å². The van der Waals surface area contributed by atoms with Crippen LogP contribution in [-0.4, -0.2) is 33.3 Å². The van der Waals surface area contributed by atoms with Gasteiger partial charge in [0.1, 0.15) is 12.2 Å². The molecule has 1 aliphatic heterocycles. The summed E-state index contributed by atoms with van der Waals surface area (Å²) in [5, 5.41) is 8.04. The molecule has 2 heterocycles. The van der Waals surface area contributed by atoms with Crippen molar-refractivity contribution in [3.8, 4) is 0 Å². The predicted octanol–water partition coefficient (Wildman–Crippen LogP) is 0.675. The minimum absolute atomic E-state index is 0.398. The van der Waals surface area contributed by atoms with Crippen LogP contribution in [0.2, 0.25) is 0 Å². The van der Waals surface area contributed by atoms with Crippen LogP contribution in [0.5, 0.6) is 0 Å². The average Bonchev–Trinajstić information content (AvgIpc) is 2.46. The minimum atomic E-state index is 0.398. The van der Waals surface area contributed by atoms with E-state index in [0.717, 1.165) is 18.9 Å². The van der Waals surface area contributed by atoms with Gasteiger partial charge in [0.05, 0.1) is 6.04 Å². The topological polar surface area (TPSA) is 34.0 Å². The van der Waals surface area contributed by atoms with Crippen molar-refractivity contribution in [1.82, 2.24) is 19.7 Å². The average molecular weight is 166 g/mol. The molecular weight excluding hydrogens is 152 g/mol. The van der Waals surface area contributed by atoms with Crippen LogP contribution in [0.1, 0.15) is 25.2 Å². The van der Waals surface area contributed by atoms with Crippen LogP contribution >= 0.6 is 0 Å². The Balaban J connectivity index is 2.35. The summed E-state index contributed by atoms with van der Waals surface area (Å²) in [7, 11) is 2.13. The molecule has 12 heavy (non-hydrogen) atoms. The summed E-state index contributed by atoms with van der Waals surface area (Å²) < 4.78 is 2.15. The first kappa shape index (κ1) is 7.73. The third kappa shape index (κ3) is 1.12. The van der Waals surface area contributed by atoms with Gasteiger partial charge in [0.2, 0.25) is 0 Å². The molecule has 0 radical (unpaired) electrons. The minimum Gasteiger partial charge on any atom is -0.316 e. The molecule has 4 heteroatoms. The standard InChI is InChI=1S/C8H14N4/c1-7-8-10-9-6-12(8)5-3-4-11(7)2/h6-7H,3-5H2,1-2H3. The summed E-state index contributed by atoms with van der Waals surface area (Å²) in [5.41, 5.74) is 0. The Labute approximate surface area is 72.2 Å². The van der Waals surface area contributed by atoms with Gasteiger partial charge in [0, 0.05) is 13.1 Å². The zero-order chi connectivity index (χ0) is 8.55. The fourth-order valence-electron chi connectivity index (χ4n) is 1.64. The van der Waals surface area contributed by atoms with Gasteiger partial charge in [0.25, 0.3) is 0 Å². The van der Waals surface area contributed by atoms with E-state index in [1.54, 1.807) is 0 Å². The van der Waals surface area contributed by atoms with E-state index in [1.807, 2.05) is 6.33 Å². The van der Waals surface area contributed by atoms with E-state index in [1.165, 1.54) is 6.42 Å². The SMILES string of the molecule is CC1c2nncn2CCCN1C. The van der Waals surface area contributed by atoms with Crippen LogP contribution < -0.4 is 0 Å². The smallest absolute Gasteiger partial charge is 0.149 e. The van der Waals surface area contributed by atoms with E-state index in [4.69, 9.17) is 0 Å². The summed E-state index contributed by atoms with van der Waals surface area (Å²) in [6.07, 6.45) is 3.01. The molecule has 2 rings (SSSR count). The largest absolute Gasteiger partial charge is 0.316 e. The Morgan fingerprint density at radius 2 is 2.33 bits per heavy atom. The second kappa shape index (κ2) is 2.86. The number of aromatic nitrogens is 3. The zero-order valence-electron chi connectivity index (χ0n) is 7.56. The Bertz CT molecular complexity index is 268. The van der Waals surface area contributed by atoms with Crippen molar-refractivity contribution < 1.29 is 0 Å². The second-order valence-electron chi connectivity index (χ2n) is 3.39. The maximum absolute atomic E-state index is 4.12. The van der Waals surface area contributed by atoms with Gasteiger partial charge >= 0.3 is 0 Å². The number of rotatable bonds is 0. The van der Waals surface area contributed by atoms with E-state index in [9.17, 15) is 0 Å². The molecule has 0 aromatic carbocycles. The highest BCUT2D eigenvalue weighted by atomic mass is 15.3. The van der Waals surface area contributed by atoms with E-state index in [-0.39, 0.29) is 0 Å². The molecule has 1 aromatic rings. The maximum Gasteiger partial charge on any atom is 0.149 e. The van der Waals surface area contributed by atoms with E-state index < -0.39 is 0 Å². The highest BCUT2D eigenvalue weighted by Gasteiger charge is 2.20. The summed E-state index contributed by atoms with van der Waals surface area (Å²) in [6, 6.07) is 0.398. The van der Waals surface area contributed by atoms with Crippen LogP contribution in [0.15, 0.2) is 6.33 Å². The molecule has 0 bridgehead atoms. The molecule has 0 N–H and O–H groups in total. The highest BCUT2D eigenvalue weighted by molar-refractivity contribution is 4.95. The molecule has 0 saturated carbocycles. The van der Waals surface area contributed by atoms with Crippen LogP contribution in [0, 0.1) is 0 Å². The molecule has 4 nitrogen and oxygen atoms in total. The van der Waals surface area contributed by atoms with Crippen molar-refractivity contribution in [2.75, 3.05) is 13.6 Å². The number of aryl methyl sites for hydroxylation is 1. The van der Waals surface area contributed by atoms with Crippen LogP contribution in [-0.2, 0) is 6.54 Å². The highest BCUT2D eigenvalue weighted by Crippen LogP contribution is 2.19. The van der Waals surface area contributed by atoms with Crippen molar-refractivity contribution in [2.45, 2.75) is 25.9 Å². The Morgan fingerprint density at radius 3 is 3.17 bits per heavy atom. The first-order valence-electron chi connectivity index (χ1n) is 4.37. The molecule has 1 aliphatic rings. The van der Waals surface area contributed by atoms with Gasteiger partial charge in [-0.3, -0.25) is 4.90 Å². The van der Waals surface area contributed by atoms with Crippen molar-refractivity contribution in [2.24, 2.45) is 0 Å². The summed E-state index contributed by atoms with van der Waals surface area (Å²) in [6.45, 7) is 4.37. The Kier molecular flexibility index (Phi) is 1.84. The lowest BCUT2D eigenvalue weighted by Crippen LogP contribution is -2.22. The van der Waals surface area contributed by atoms with Crippen LogP contribution in [0.3, 0.4) is 0 Å². The fraction of sp³-hybridized carbons (Fsp3) is 0.750. The van der Waals surface area contributed by atoms with Gasteiger partial charge in [-0.2, -0.15) is 0 Å². The van der Waals surface area contributed by atoms with Crippen molar-refractivity contribution in [1.29, 1.82) is 0 Å². The number of hydrogen-bond acceptors (Lipinski definition) is 3. The molecule has 1 aromatic heterocycles. The Morgan fingerprint density at radius 1 is 1.50 bits per heavy atom. The second-order valence-corrected chi connectivity index (χ2v) is 3.39. The van der Waals surface area contributed by atoms with Gasteiger partial charge in [-0.05, 0) is 20.4 Å². The van der Waals surface area contributed by atoms with Crippen molar-refractivity contribution >= 4 is 0 Å². The van der Waals surface area contributed by atoms with Gasteiger partial charge in [0.15, 0.2) is 0 Å². The van der Waals surface area contributed by atoms with Gasteiger partial charge in [-0.15, -0.1) is 10.2 Å². The molecule has 0 amide bonds. The summed E-state index contributed by atoms with van der Waals surface area (Å²) in [4.78, 5) is 2.31. The lowest BCUT2D eigenvalue weighted by molar-refractivity contribution is 0.262. The van der Waals surface area contributed by atoms with Gasteiger partial charge in [-0.25, -0.2) is 0 Å². The van der Waals surface area contributed by atoms with E-state index in [2.05, 4.69) is 33.6 Å². The van der Waals surface area contributed by atoms with Crippen LogP contribution in [0.25, 0.3) is 0 Å². The predicted molar refractivity (Wildman–Crippen MR) is 45.7 cm³/mol. The molecule has 0 spiro atoms. The first-order valence-corrected chi connectivity index (χ1v) is 4.37. The van der Waals surface area contributed by atoms with Crippen LogP contribution in [0.4, 0.5) is 0 Å². The number of hydrogen-bond donors (Lipinski definition) is 0. The first-order chi connectivity index (χ1) is 5.79. The maximum atomic E-state index is 4.12. The lowest BCUT2D eigenvalue weighted by Gasteiger charge is -2.19. The van der Waals surface area contributed by atoms with Crippen molar-refractivity contribution in [3.63, 3.8) is 0 Å². The summed E-state index contributed by atoms with van der Waals surface area (Å²) in [5.74, 6) is 1.09. The zero-order valence-corrected chi connectivity index (χ0v) is 7.56. The number of fused-ring (bicyclic) bond motifs is 1. The normalized spacial score (nSPS) is 25.0. The Hall–Kier alpha value is -0.900. The quantitative estimate of drug-likeness (QED) is 0.568. The fourth-order valence-corrected chi connectivity index (χ4v) is 1.64. The molecule has 1 atom stereocenters.